The van der Waals surface area contributed by atoms with E-state index < -0.39 is 10.0 Å². The average Bonchev–Trinajstić information content (AvgIpc) is 2.86. The van der Waals surface area contributed by atoms with Gasteiger partial charge < -0.3 is 0 Å². The van der Waals surface area contributed by atoms with E-state index in [9.17, 15) is 8.42 Å². The Morgan fingerprint density at radius 1 is 1.00 bits per heavy atom. The SMILES string of the molecule is Cc1cccc(N(Cc2ccccc2)S(=O)(=O)c2c(C)nn(C)c2C)c1. The normalized spacial score (nSPS) is 11.5. The van der Waals surface area contributed by atoms with Crippen LogP contribution in [-0.2, 0) is 23.6 Å². The third kappa shape index (κ3) is 3.37. The number of anilines is 1. The van der Waals surface area contributed by atoms with Crippen molar-refractivity contribution in [2.24, 2.45) is 7.05 Å². The van der Waals surface area contributed by atoms with Crippen LogP contribution in [0.15, 0.2) is 59.5 Å². The van der Waals surface area contributed by atoms with E-state index in [1.807, 2.05) is 61.5 Å². The second kappa shape index (κ2) is 6.96. The van der Waals surface area contributed by atoms with Gasteiger partial charge in [0.15, 0.2) is 0 Å². The first-order valence-electron chi connectivity index (χ1n) is 8.44. The average molecular weight is 369 g/mol. The quantitative estimate of drug-likeness (QED) is 0.688. The lowest BCUT2D eigenvalue weighted by atomic mass is 10.2. The first-order valence-corrected chi connectivity index (χ1v) is 9.88. The van der Waals surface area contributed by atoms with Gasteiger partial charge in [-0.1, -0.05) is 42.5 Å². The molecule has 26 heavy (non-hydrogen) atoms. The lowest BCUT2D eigenvalue weighted by Gasteiger charge is -2.25. The van der Waals surface area contributed by atoms with Gasteiger partial charge in [-0.2, -0.15) is 5.10 Å². The molecule has 136 valence electrons. The van der Waals surface area contributed by atoms with E-state index in [2.05, 4.69) is 5.10 Å². The monoisotopic (exact) mass is 369 g/mol. The predicted molar refractivity (Wildman–Crippen MR) is 104 cm³/mol. The van der Waals surface area contributed by atoms with Gasteiger partial charge in [0.05, 0.1) is 23.6 Å². The summed E-state index contributed by atoms with van der Waals surface area (Å²) in [5.41, 5.74) is 3.73. The molecule has 0 atom stereocenters. The third-order valence-corrected chi connectivity index (χ3v) is 6.48. The zero-order chi connectivity index (χ0) is 18.9. The topological polar surface area (TPSA) is 55.2 Å². The number of sulfonamides is 1. The largest absolute Gasteiger partial charge is 0.271 e. The maximum absolute atomic E-state index is 13.6. The van der Waals surface area contributed by atoms with Crippen LogP contribution in [0.25, 0.3) is 0 Å². The van der Waals surface area contributed by atoms with Crippen LogP contribution in [0.1, 0.15) is 22.5 Å². The van der Waals surface area contributed by atoms with Crippen molar-refractivity contribution in [3.63, 3.8) is 0 Å². The second-order valence-electron chi connectivity index (χ2n) is 6.46. The molecule has 3 rings (SSSR count). The number of aryl methyl sites for hydroxylation is 3. The molecular weight excluding hydrogens is 346 g/mol. The molecule has 0 N–H and O–H groups in total. The van der Waals surface area contributed by atoms with Crippen molar-refractivity contribution in [1.82, 2.24) is 9.78 Å². The van der Waals surface area contributed by atoms with Crippen LogP contribution in [0, 0.1) is 20.8 Å². The van der Waals surface area contributed by atoms with Gasteiger partial charge in [-0.3, -0.25) is 8.99 Å². The summed E-state index contributed by atoms with van der Waals surface area (Å²) in [4.78, 5) is 0.275. The summed E-state index contributed by atoms with van der Waals surface area (Å²) in [5, 5.41) is 4.29. The van der Waals surface area contributed by atoms with Crippen molar-refractivity contribution in [2.75, 3.05) is 4.31 Å². The number of rotatable bonds is 5. The predicted octanol–water partition coefficient (Wildman–Crippen LogP) is 3.74. The molecule has 0 saturated heterocycles. The van der Waals surface area contributed by atoms with Gasteiger partial charge in [0.2, 0.25) is 0 Å². The molecule has 0 radical (unpaired) electrons. The minimum absolute atomic E-state index is 0.264. The highest BCUT2D eigenvalue weighted by atomic mass is 32.2. The molecule has 0 fully saturated rings. The van der Waals surface area contributed by atoms with Gasteiger partial charge >= 0.3 is 0 Å². The van der Waals surface area contributed by atoms with E-state index in [0.717, 1.165) is 11.1 Å². The van der Waals surface area contributed by atoms with Crippen molar-refractivity contribution < 1.29 is 8.42 Å². The molecule has 0 saturated carbocycles. The summed E-state index contributed by atoms with van der Waals surface area (Å²) < 4.78 is 30.2. The molecule has 0 spiro atoms. The van der Waals surface area contributed by atoms with E-state index in [1.54, 1.807) is 25.6 Å². The maximum atomic E-state index is 13.6. The molecular formula is C20H23N3O2S. The molecule has 1 heterocycles. The number of aromatic nitrogens is 2. The summed E-state index contributed by atoms with van der Waals surface area (Å²) in [5.74, 6) is 0. The van der Waals surface area contributed by atoms with Gasteiger partial charge in [0.25, 0.3) is 10.0 Å². The minimum atomic E-state index is -3.76. The van der Waals surface area contributed by atoms with Crippen LogP contribution in [0.3, 0.4) is 0 Å². The van der Waals surface area contributed by atoms with Gasteiger partial charge in [-0.15, -0.1) is 0 Å². The van der Waals surface area contributed by atoms with E-state index in [1.165, 1.54) is 4.31 Å². The first kappa shape index (κ1) is 18.2. The smallest absolute Gasteiger partial charge is 0.268 e. The number of nitrogens with zero attached hydrogens (tertiary/aromatic N) is 3. The maximum Gasteiger partial charge on any atom is 0.268 e. The van der Waals surface area contributed by atoms with Crippen LogP contribution < -0.4 is 4.31 Å². The fourth-order valence-electron chi connectivity index (χ4n) is 3.09. The molecule has 0 aliphatic rings. The summed E-state index contributed by atoms with van der Waals surface area (Å²) in [6.07, 6.45) is 0. The second-order valence-corrected chi connectivity index (χ2v) is 8.26. The van der Waals surface area contributed by atoms with Gasteiger partial charge in [0, 0.05) is 7.05 Å². The summed E-state index contributed by atoms with van der Waals surface area (Å²) in [6, 6.07) is 17.2. The molecule has 0 amide bonds. The van der Waals surface area contributed by atoms with Crippen LogP contribution in [-0.4, -0.2) is 18.2 Å². The van der Waals surface area contributed by atoms with Crippen molar-refractivity contribution in [3.05, 3.63) is 77.1 Å². The Bertz CT molecular complexity index is 1020. The van der Waals surface area contributed by atoms with Crippen molar-refractivity contribution in [1.29, 1.82) is 0 Å². The Hall–Kier alpha value is -2.60. The highest BCUT2D eigenvalue weighted by molar-refractivity contribution is 7.92. The van der Waals surface area contributed by atoms with Gasteiger partial charge in [-0.05, 0) is 44.0 Å². The number of hydrogen-bond acceptors (Lipinski definition) is 3. The van der Waals surface area contributed by atoms with Crippen LogP contribution in [0.4, 0.5) is 5.69 Å². The van der Waals surface area contributed by atoms with E-state index in [0.29, 0.717) is 17.1 Å². The van der Waals surface area contributed by atoms with Crippen molar-refractivity contribution in [3.8, 4) is 0 Å². The molecule has 0 aliphatic carbocycles. The fourth-order valence-corrected chi connectivity index (χ4v) is 4.94. The lowest BCUT2D eigenvalue weighted by molar-refractivity contribution is 0.589. The highest BCUT2D eigenvalue weighted by Crippen LogP contribution is 2.29. The molecule has 0 unspecified atom stereocenters. The van der Waals surface area contributed by atoms with E-state index in [4.69, 9.17) is 0 Å². The molecule has 5 nitrogen and oxygen atoms in total. The molecule has 0 aliphatic heterocycles. The van der Waals surface area contributed by atoms with Crippen LogP contribution >= 0.6 is 0 Å². The standard InChI is InChI=1S/C20H23N3O2S/c1-15-9-8-12-19(13-15)23(14-18-10-6-5-7-11-18)26(24,25)20-16(2)21-22(4)17(20)3/h5-13H,14H2,1-4H3. The molecule has 1 aromatic heterocycles. The van der Waals surface area contributed by atoms with Crippen LogP contribution in [0.5, 0.6) is 0 Å². The Morgan fingerprint density at radius 3 is 2.27 bits per heavy atom. The Labute approximate surface area is 154 Å². The van der Waals surface area contributed by atoms with Gasteiger partial charge in [0.1, 0.15) is 4.90 Å². The number of benzene rings is 2. The van der Waals surface area contributed by atoms with E-state index in [-0.39, 0.29) is 11.4 Å². The molecule has 2 aromatic carbocycles. The zero-order valence-corrected chi connectivity index (χ0v) is 16.3. The first-order chi connectivity index (χ1) is 12.3. The zero-order valence-electron chi connectivity index (χ0n) is 15.5. The summed E-state index contributed by atoms with van der Waals surface area (Å²) in [6.45, 7) is 5.73. The van der Waals surface area contributed by atoms with Crippen molar-refractivity contribution in [2.45, 2.75) is 32.2 Å². The van der Waals surface area contributed by atoms with E-state index >= 15 is 0 Å². The molecule has 0 bridgehead atoms. The Kier molecular flexibility index (Phi) is 4.87. The summed E-state index contributed by atoms with van der Waals surface area (Å²) in [7, 11) is -2.00. The molecule has 6 heteroatoms. The molecule has 3 aromatic rings. The minimum Gasteiger partial charge on any atom is -0.271 e. The Morgan fingerprint density at radius 2 is 1.69 bits per heavy atom. The van der Waals surface area contributed by atoms with Crippen molar-refractivity contribution >= 4 is 15.7 Å². The third-order valence-electron chi connectivity index (χ3n) is 4.45. The van der Waals surface area contributed by atoms with Crippen LogP contribution in [0.2, 0.25) is 0 Å². The summed E-state index contributed by atoms with van der Waals surface area (Å²) >= 11 is 0. The highest BCUT2D eigenvalue weighted by Gasteiger charge is 2.31. The van der Waals surface area contributed by atoms with Gasteiger partial charge in [-0.25, -0.2) is 8.42 Å². The lowest BCUT2D eigenvalue weighted by Crippen LogP contribution is -2.31. The number of hydrogen-bond donors (Lipinski definition) is 0. The fraction of sp³-hybridized carbons (Fsp3) is 0.250. The Balaban J connectivity index is 2.16.